The van der Waals surface area contributed by atoms with Gasteiger partial charge < -0.3 is 24.1 Å². The van der Waals surface area contributed by atoms with Crippen LogP contribution in [0.25, 0.3) is 0 Å². The van der Waals surface area contributed by atoms with E-state index in [1.807, 2.05) is 18.2 Å². The van der Waals surface area contributed by atoms with E-state index < -0.39 is 11.9 Å². The molecule has 1 N–H and O–H groups in total. The van der Waals surface area contributed by atoms with Crippen LogP contribution >= 0.6 is 0 Å². The van der Waals surface area contributed by atoms with Gasteiger partial charge in [0.05, 0.1) is 19.3 Å². The fourth-order valence-electron chi connectivity index (χ4n) is 3.42. The lowest BCUT2D eigenvalue weighted by Crippen LogP contribution is -2.42. The van der Waals surface area contributed by atoms with Gasteiger partial charge in [0.2, 0.25) is 6.79 Å². The average Bonchev–Trinajstić information content (AvgIpc) is 3.07. The Balaban J connectivity index is 1.54. The third kappa shape index (κ3) is 1.97. The van der Waals surface area contributed by atoms with Crippen LogP contribution in [0.1, 0.15) is 30.7 Å². The zero-order valence-corrected chi connectivity index (χ0v) is 11.2. The highest BCUT2D eigenvalue weighted by molar-refractivity contribution is 5.45. The highest BCUT2D eigenvalue weighted by Gasteiger charge is 2.45. The number of hydrogen-bond donors (Lipinski definition) is 1. The fourth-order valence-corrected chi connectivity index (χ4v) is 3.42. The molecule has 2 fully saturated rings. The number of ether oxygens (including phenoxy) is 4. The molecule has 1 aromatic rings. The molecular formula is C15H18O5. The normalized spacial score (nSPS) is 30.9. The van der Waals surface area contributed by atoms with E-state index in [9.17, 15) is 5.11 Å². The summed E-state index contributed by atoms with van der Waals surface area (Å²) in [5.41, 5.74) is 1.09. The summed E-state index contributed by atoms with van der Waals surface area (Å²) in [7, 11) is 0. The zero-order valence-electron chi connectivity index (χ0n) is 11.2. The number of aliphatic hydroxyl groups is 1. The maximum Gasteiger partial charge on any atom is 0.231 e. The van der Waals surface area contributed by atoms with E-state index in [2.05, 4.69) is 0 Å². The van der Waals surface area contributed by atoms with Gasteiger partial charge in [-0.15, -0.1) is 0 Å². The Hall–Kier alpha value is -1.30. The molecule has 5 heteroatoms. The summed E-state index contributed by atoms with van der Waals surface area (Å²) in [5.74, 6) is 1.09. The van der Waals surface area contributed by atoms with Gasteiger partial charge in [0, 0.05) is 18.8 Å². The first kappa shape index (κ1) is 12.4. The molecule has 1 aliphatic carbocycles. The summed E-state index contributed by atoms with van der Waals surface area (Å²) in [4.78, 5) is 0. The second-order valence-corrected chi connectivity index (χ2v) is 5.64. The Morgan fingerprint density at radius 1 is 1.10 bits per heavy atom. The molecule has 5 nitrogen and oxygen atoms in total. The lowest BCUT2D eigenvalue weighted by atomic mass is 9.78. The molecule has 3 aliphatic rings. The molecule has 2 atom stereocenters. The number of hydrogen-bond acceptors (Lipinski definition) is 5. The van der Waals surface area contributed by atoms with Crippen molar-refractivity contribution in [3.8, 4) is 11.5 Å². The Bertz CT molecular complexity index is 509. The van der Waals surface area contributed by atoms with Crippen molar-refractivity contribution in [3.63, 3.8) is 0 Å². The molecule has 20 heavy (non-hydrogen) atoms. The van der Waals surface area contributed by atoms with Gasteiger partial charge in [0.15, 0.2) is 17.3 Å². The van der Waals surface area contributed by atoms with E-state index >= 15 is 0 Å². The second kappa shape index (κ2) is 4.62. The Morgan fingerprint density at radius 2 is 1.90 bits per heavy atom. The first-order valence-electron chi connectivity index (χ1n) is 7.11. The number of aliphatic hydroxyl groups excluding tert-OH is 1. The van der Waals surface area contributed by atoms with Gasteiger partial charge in [-0.1, -0.05) is 6.07 Å². The molecular weight excluding hydrogens is 260 g/mol. The van der Waals surface area contributed by atoms with E-state index in [0.717, 1.165) is 29.9 Å². The van der Waals surface area contributed by atoms with Crippen molar-refractivity contribution in [2.45, 2.75) is 37.1 Å². The van der Waals surface area contributed by atoms with Crippen LogP contribution in [-0.2, 0) is 9.47 Å². The van der Waals surface area contributed by atoms with Gasteiger partial charge in [-0.25, -0.2) is 0 Å². The van der Waals surface area contributed by atoms with Crippen LogP contribution in [0.5, 0.6) is 11.5 Å². The van der Waals surface area contributed by atoms with Gasteiger partial charge in [-0.05, 0) is 24.1 Å². The molecule has 108 valence electrons. The fraction of sp³-hybridized carbons (Fsp3) is 0.600. The van der Waals surface area contributed by atoms with E-state index in [0.29, 0.717) is 19.6 Å². The minimum Gasteiger partial charge on any atom is -0.454 e. The van der Waals surface area contributed by atoms with E-state index in [-0.39, 0.29) is 12.7 Å². The zero-order chi connectivity index (χ0) is 13.6. The second-order valence-electron chi connectivity index (χ2n) is 5.64. The standard InChI is InChI=1S/C15H18O5/c16-12-8-15(19-5-6-20-15)4-3-11(12)10-1-2-13-14(7-10)18-9-17-13/h1-2,7,11-12,16H,3-6,8-9H2/t11-,12-/m0/s1. The first-order chi connectivity index (χ1) is 9.76. The maximum absolute atomic E-state index is 10.5. The Labute approximate surface area is 117 Å². The molecule has 2 aliphatic heterocycles. The Morgan fingerprint density at radius 3 is 2.70 bits per heavy atom. The first-order valence-corrected chi connectivity index (χ1v) is 7.11. The Kier molecular flexibility index (Phi) is 2.87. The van der Waals surface area contributed by atoms with E-state index in [4.69, 9.17) is 18.9 Å². The molecule has 2 heterocycles. The molecule has 0 radical (unpaired) electrons. The highest BCUT2D eigenvalue weighted by Crippen LogP contribution is 2.44. The predicted molar refractivity (Wildman–Crippen MR) is 69.8 cm³/mol. The van der Waals surface area contributed by atoms with Crippen LogP contribution in [-0.4, -0.2) is 37.0 Å². The molecule has 0 unspecified atom stereocenters. The summed E-state index contributed by atoms with van der Waals surface area (Å²) in [6.07, 6.45) is 1.75. The quantitative estimate of drug-likeness (QED) is 0.848. The van der Waals surface area contributed by atoms with E-state index in [1.165, 1.54) is 0 Å². The summed E-state index contributed by atoms with van der Waals surface area (Å²) in [6, 6.07) is 5.90. The number of rotatable bonds is 1. The van der Waals surface area contributed by atoms with Gasteiger partial charge in [-0.2, -0.15) is 0 Å². The van der Waals surface area contributed by atoms with Crippen molar-refractivity contribution in [1.29, 1.82) is 0 Å². The molecule has 0 bridgehead atoms. The van der Waals surface area contributed by atoms with Crippen molar-refractivity contribution >= 4 is 0 Å². The SMILES string of the molecule is O[C@H]1CC2(CC[C@H]1c1ccc3c(c1)OCO3)OCCO2. The molecule has 1 aromatic carbocycles. The minimum atomic E-state index is -0.549. The lowest BCUT2D eigenvalue weighted by molar-refractivity contribution is -0.199. The minimum absolute atomic E-state index is 0.0999. The predicted octanol–water partition coefficient (Wildman–Crippen LogP) is 1.79. The third-order valence-corrected chi connectivity index (χ3v) is 4.46. The van der Waals surface area contributed by atoms with Crippen molar-refractivity contribution < 1.29 is 24.1 Å². The topological polar surface area (TPSA) is 57.2 Å². The van der Waals surface area contributed by atoms with Crippen LogP contribution in [0.4, 0.5) is 0 Å². The molecule has 1 saturated carbocycles. The van der Waals surface area contributed by atoms with Gasteiger partial charge in [-0.3, -0.25) is 0 Å². The summed E-state index contributed by atoms with van der Waals surface area (Å²) >= 11 is 0. The molecule has 1 saturated heterocycles. The van der Waals surface area contributed by atoms with Crippen LogP contribution in [0, 0.1) is 0 Å². The van der Waals surface area contributed by atoms with Gasteiger partial charge in [0.25, 0.3) is 0 Å². The maximum atomic E-state index is 10.5. The van der Waals surface area contributed by atoms with Gasteiger partial charge in [0.1, 0.15) is 0 Å². The van der Waals surface area contributed by atoms with Crippen molar-refractivity contribution in [2.24, 2.45) is 0 Å². The highest BCUT2D eigenvalue weighted by atomic mass is 16.7. The van der Waals surface area contributed by atoms with E-state index in [1.54, 1.807) is 0 Å². The van der Waals surface area contributed by atoms with Crippen LogP contribution in [0.15, 0.2) is 18.2 Å². The summed E-state index contributed by atoms with van der Waals surface area (Å²) in [5, 5.41) is 10.5. The van der Waals surface area contributed by atoms with Crippen molar-refractivity contribution in [3.05, 3.63) is 23.8 Å². The summed E-state index contributed by atoms with van der Waals surface area (Å²) < 4.78 is 22.1. The largest absolute Gasteiger partial charge is 0.454 e. The smallest absolute Gasteiger partial charge is 0.231 e. The number of benzene rings is 1. The molecule has 0 amide bonds. The van der Waals surface area contributed by atoms with Gasteiger partial charge >= 0.3 is 0 Å². The van der Waals surface area contributed by atoms with Crippen LogP contribution in [0.2, 0.25) is 0 Å². The summed E-state index contributed by atoms with van der Waals surface area (Å²) in [6.45, 7) is 1.53. The average molecular weight is 278 g/mol. The number of fused-ring (bicyclic) bond motifs is 1. The molecule has 0 aromatic heterocycles. The monoisotopic (exact) mass is 278 g/mol. The van der Waals surface area contributed by atoms with Crippen molar-refractivity contribution in [1.82, 2.24) is 0 Å². The van der Waals surface area contributed by atoms with Crippen molar-refractivity contribution in [2.75, 3.05) is 20.0 Å². The van der Waals surface area contributed by atoms with Crippen LogP contribution < -0.4 is 9.47 Å². The molecule has 1 spiro atoms. The molecule has 4 rings (SSSR count). The van der Waals surface area contributed by atoms with Crippen LogP contribution in [0.3, 0.4) is 0 Å². The lowest BCUT2D eigenvalue weighted by Gasteiger charge is -2.39. The third-order valence-electron chi connectivity index (χ3n) is 4.46.